The van der Waals surface area contributed by atoms with E-state index >= 15 is 0 Å². The molecule has 1 aliphatic heterocycles. The molecule has 0 fully saturated rings. The predicted octanol–water partition coefficient (Wildman–Crippen LogP) is 6.17. The summed E-state index contributed by atoms with van der Waals surface area (Å²) in [6.45, 7) is 8.61. The highest BCUT2D eigenvalue weighted by molar-refractivity contribution is 6.08. The van der Waals surface area contributed by atoms with Crippen LogP contribution in [0.2, 0.25) is 0 Å². The van der Waals surface area contributed by atoms with E-state index in [0.29, 0.717) is 18.6 Å². The van der Waals surface area contributed by atoms with Crippen molar-refractivity contribution in [1.29, 1.82) is 0 Å². The quantitative estimate of drug-likeness (QED) is 0.588. The maximum absolute atomic E-state index is 13.6. The van der Waals surface area contributed by atoms with Crippen molar-refractivity contribution in [2.45, 2.75) is 59.3 Å². The Morgan fingerprint density at radius 1 is 0.774 bits per heavy atom. The van der Waals surface area contributed by atoms with Crippen molar-refractivity contribution >= 4 is 17.3 Å². The van der Waals surface area contributed by atoms with E-state index in [-0.39, 0.29) is 22.4 Å². The maximum atomic E-state index is 13.6. The molecule has 2 aromatic rings. The summed E-state index contributed by atoms with van der Waals surface area (Å²) in [5, 5.41) is 0. The Morgan fingerprint density at radius 2 is 1.32 bits per heavy atom. The fourth-order valence-corrected chi connectivity index (χ4v) is 5.59. The van der Waals surface area contributed by atoms with E-state index in [4.69, 9.17) is 4.42 Å². The van der Waals surface area contributed by atoms with Gasteiger partial charge in [0.15, 0.2) is 11.6 Å². The lowest BCUT2D eigenvalue weighted by Gasteiger charge is -2.48. The Hall–Kier alpha value is -2.88. The van der Waals surface area contributed by atoms with Crippen LogP contribution in [0.1, 0.15) is 65.1 Å². The van der Waals surface area contributed by atoms with Crippen LogP contribution in [0.5, 0.6) is 0 Å². The predicted molar refractivity (Wildman–Crippen MR) is 120 cm³/mol. The molecular formula is C27H29NO3. The third-order valence-electron chi connectivity index (χ3n) is 6.75. The standard InChI is InChI=1S/C27H29NO3/c1-26(2)13-18-23(20(29)15-26)25(22-11-8-12-31-22)24-19(14-27(3,4)16-21(24)30)28(18)17-9-6-5-7-10-17/h5-12,25H,13-16H2,1-4H3. The number of furan rings is 1. The van der Waals surface area contributed by atoms with Crippen LogP contribution in [0, 0.1) is 10.8 Å². The van der Waals surface area contributed by atoms with Crippen molar-refractivity contribution in [1.82, 2.24) is 0 Å². The highest BCUT2D eigenvalue weighted by atomic mass is 16.3. The molecule has 0 radical (unpaired) electrons. The van der Waals surface area contributed by atoms with E-state index in [1.54, 1.807) is 6.26 Å². The van der Waals surface area contributed by atoms with Crippen molar-refractivity contribution in [2.75, 3.05) is 4.90 Å². The molecule has 1 aromatic heterocycles. The SMILES string of the molecule is CC1(C)CC(=O)C2=C(C1)N(c1ccccc1)C1=C(C(=O)CC(C)(C)C1)C2c1ccco1. The number of hydrogen-bond donors (Lipinski definition) is 0. The molecule has 4 nitrogen and oxygen atoms in total. The Morgan fingerprint density at radius 3 is 1.81 bits per heavy atom. The molecular weight excluding hydrogens is 386 g/mol. The monoisotopic (exact) mass is 415 g/mol. The van der Waals surface area contributed by atoms with Crippen LogP contribution in [0.15, 0.2) is 75.7 Å². The van der Waals surface area contributed by atoms with E-state index in [1.165, 1.54) is 0 Å². The van der Waals surface area contributed by atoms with Crippen LogP contribution in [0.25, 0.3) is 0 Å². The van der Waals surface area contributed by atoms with Crippen molar-refractivity contribution in [2.24, 2.45) is 10.8 Å². The minimum Gasteiger partial charge on any atom is -0.468 e. The Balaban J connectivity index is 1.82. The van der Waals surface area contributed by atoms with E-state index in [1.807, 2.05) is 30.3 Å². The second kappa shape index (κ2) is 6.81. The average Bonchev–Trinajstić information content (AvgIpc) is 3.19. The molecule has 0 saturated heterocycles. The zero-order valence-corrected chi connectivity index (χ0v) is 18.7. The van der Waals surface area contributed by atoms with E-state index in [0.717, 1.165) is 41.1 Å². The largest absolute Gasteiger partial charge is 0.468 e. The lowest BCUT2D eigenvalue weighted by atomic mass is 9.64. The molecule has 2 aliphatic carbocycles. The van der Waals surface area contributed by atoms with Gasteiger partial charge in [0.2, 0.25) is 0 Å². The third-order valence-corrected chi connectivity index (χ3v) is 6.75. The van der Waals surface area contributed by atoms with Crippen LogP contribution in [-0.2, 0) is 9.59 Å². The first-order valence-electron chi connectivity index (χ1n) is 11.1. The van der Waals surface area contributed by atoms with Gasteiger partial charge in [0, 0.05) is 41.1 Å². The fraction of sp³-hybridized carbons (Fsp3) is 0.407. The van der Waals surface area contributed by atoms with Gasteiger partial charge in [0.25, 0.3) is 0 Å². The van der Waals surface area contributed by atoms with Gasteiger partial charge in [-0.1, -0.05) is 45.9 Å². The molecule has 160 valence electrons. The number of anilines is 1. The number of rotatable bonds is 2. The Bertz CT molecular complexity index is 1060. The third kappa shape index (κ3) is 3.29. The summed E-state index contributed by atoms with van der Waals surface area (Å²) in [4.78, 5) is 29.4. The highest BCUT2D eigenvalue weighted by Crippen LogP contribution is 2.55. The number of ketones is 2. The van der Waals surface area contributed by atoms with Crippen LogP contribution < -0.4 is 4.90 Å². The lowest BCUT2D eigenvalue weighted by molar-refractivity contribution is -0.119. The number of allylic oxidation sites excluding steroid dienone is 4. The summed E-state index contributed by atoms with van der Waals surface area (Å²) in [5.41, 5.74) is 4.27. The number of nitrogens with zero attached hydrogens (tertiary/aromatic N) is 1. The van der Waals surface area contributed by atoms with Gasteiger partial charge in [-0.05, 0) is 47.9 Å². The minimum atomic E-state index is -0.410. The van der Waals surface area contributed by atoms with Crippen molar-refractivity contribution in [3.63, 3.8) is 0 Å². The summed E-state index contributed by atoms with van der Waals surface area (Å²) in [6.07, 6.45) is 4.16. The number of carbonyl (C=O) groups excluding carboxylic acids is 2. The summed E-state index contributed by atoms with van der Waals surface area (Å²) < 4.78 is 5.82. The van der Waals surface area contributed by atoms with Gasteiger partial charge >= 0.3 is 0 Å². The number of hydrogen-bond acceptors (Lipinski definition) is 4. The molecule has 0 spiro atoms. The zero-order valence-electron chi connectivity index (χ0n) is 18.7. The van der Waals surface area contributed by atoms with Gasteiger partial charge in [-0.25, -0.2) is 0 Å². The van der Waals surface area contributed by atoms with Gasteiger partial charge in [-0.15, -0.1) is 0 Å². The van der Waals surface area contributed by atoms with Crippen LogP contribution in [0.4, 0.5) is 5.69 Å². The molecule has 4 heteroatoms. The van der Waals surface area contributed by atoms with Gasteiger partial charge in [0.1, 0.15) is 5.76 Å². The van der Waals surface area contributed by atoms with Crippen LogP contribution >= 0.6 is 0 Å². The first-order chi connectivity index (χ1) is 14.7. The van der Waals surface area contributed by atoms with Crippen LogP contribution in [0.3, 0.4) is 0 Å². The molecule has 3 aliphatic rings. The number of carbonyl (C=O) groups is 2. The normalized spacial score (nSPS) is 23.2. The Labute approximate surface area is 183 Å². The first kappa shape index (κ1) is 20.0. The van der Waals surface area contributed by atoms with Gasteiger partial charge in [-0.2, -0.15) is 0 Å². The lowest BCUT2D eigenvalue weighted by Crippen LogP contribution is -2.44. The molecule has 1 aromatic carbocycles. The summed E-state index contributed by atoms with van der Waals surface area (Å²) in [6, 6.07) is 13.9. The second-order valence-electron chi connectivity index (χ2n) is 10.7. The average molecular weight is 416 g/mol. The summed E-state index contributed by atoms with van der Waals surface area (Å²) in [5.74, 6) is 0.525. The van der Waals surface area contributed by atoms with Gasteiger partial charge < -0.3 is 9.32 Å². The van der Waals surface area contributed by atoms with Crippen molar-refractivity contribution < 1.29 is 14.0 Å². The molecule has 0 N–H and O–H groups in total. The van der Waals surface area contributed by atoms with Crippen molar-refractivity contribution in [3.05, 3.63) is 77.0 Å². The molecule has 5 rings (SSSR count). The fourth-order valence-electron chi connectivity index (χ4n) is 5.59. The highest BCUT2D eigenvalue weighted by Gasteiger charge is 2.50. The van der Waals surface area contributed by atoms with Gasteiger partial charge in [0.05, 0.1) is 12.2 Å². The molecule has 0 saturated carbocycles. The van der Waals surface area contributed by atoms with Crippen LogP contribution in [-0.4, -0.2) is 11.6 Å². The summed E-state index contributed by atoms with van der Waals surface area (Å²) in [7, 11) is 0. The molecule has 0 atom stereocenters. The zero-order chi connectivity index (χ0) is 22.0. The maximum Gasteiger partial charge on any atom is 0.162 e. The van der Waals surface area contributed by atoms with Gasteiger partial charge in [-0.3, -0.25) is 9.59 Å². The first-order valence-corrected chi connectivity index (χ1v) is 11.1. The van der Waals surface area contributed by atoms with E-state index in [9.17, 15) is 9.59 Å². The number of Topliss-reactive ketones (excluding diaryl/α,β-unsaturated/α-hetero) is 2. The van der Waals surface area contributed by atoms with Crippen molar-refractivity contribution in [3.8, 4) is 0 Å². The number of para-hydroxylation sites is 1. The minimum absolute atomic E-state index is 0.123. The molecule has 2 heterocycles. The topological polar surface area (TPSA) is 50.5 Å². The summed E-state index contributed by atoms with van der Waals surface area (Å²) >= 11 is 0. The number of benzene rings is 1. The second-order valence-corrected chi connectivity index (χ2v) is 10.7. The van der Waals surface area contributed by atoms with E-state index < -0.39 is 5.92 Å². The van der Waals surface area contributed by atoms with E-state index in [2.05, 4.69) is 44.7 Å². The molecule has 0 bridgehead atoms. The molecule has 0 amide bonds. The molecule has 31 heavy (non-hydrogen) atoms. The smallest absolute Gasteiger partial charge is 0.162 e. The molecule has 0 unspecified atom stereocenters. The Kier molecular flexibility index (Phi) is 4.40.